The van der Waals surface area contributed by atoms with Crippen LogP contribution in [0.2, 0.25) is 5.02 Å². The number of hydrogen-bond acceptors (Lipinski definition) is 2. The van der Waals surface area contributed by atoms with Crippen molar-refractivity contribution in [1.29, 1.82) is 0 Å². The molecule has 1 N–H and O–H groups in total. The summed E-state index contributed by atoms with van der Waals surface area (Å²) in [6.07, 6.45) is 0. The molecule has 24 heavy (non-hydrogen) atoms. The summed E-state index contributed by atoms with van der Waals surface area (Å²) in [6, 6.07) is 14.5. The average molecular weight is 344 g/mol. The van der Waals surface area contributed by atoms with Crippen molar-refractivity contribution in [2.24, 2.45) is 5.92 Å². The van der Waals surface area contributed by atoms with Gasteiger partial charge in [-0.05, 0) is 36.8 Å². The number of carbonyl (C=O) groups excluding carboxylic acids is 1. The second kappa shape index (κ2) is 6.65. The van der Waals surface area contributed by atoms with Crippen LogP contribution in [-0.2, 0) is 4.79 Å². The van der Waals surface area contributed by atoms with Gasteiger partial charge in [-0.3, -0.25) is 9.59 Å². The summed E-state index contributed by atoms with van der Waals surface area (Å²) in [5.74, 6) is -1.84. The van der Waals surface area contributed by atoms with Crippen LogP contribution in [0.3, 0.4) is 0 Å². The van der Waals surface area contributed by atoms with Crippen LogP contribution in [0.1, 0.15) is 27.4 Å². The predicted octanol–water partition coefficient (Wildman–Crippen LogP) is 3.59. The lowest BCUT2D eigenvalue weighted by atomic mass is 9.89. The van der Waals surface area contributed by atoms with Gasteiger partial charge in [0.1, 0.15) is 0 Å². The Balaban J connectivity index is 1.86. The summed E-state index contributed by atoms with van der Waals surface area (Å²) in [7, 11) is 0. The molecule has 0 saturated carbocycles. The van der Waals surface area contributed by atoms with E-state index in [2.05, 4.69) is 0 Å². The van der Waals surface area contributed by atoms with Gasteiger partial charge in [0.15, 0.2) is 0 Å². The first-order chi connectivity index (χ1) is 11.5. The Morgan fingerprint density at radius 3 is 2.46 bits per heavy atom. The highest BCUT2D eigenvalue weighted by Gasteiger charge is 2.40. The number of carboxylic acids is 1. The summed E-state index contributed by atoms with van der Waals surface area (Å²) >= 11 is 5.91. The highest BCUT2D eigenvalue weighted by molar-refractivity contribution is 6.30. The van der Waals surface area contributed by atoms with Crippen molar-refractivity contribution in [3.63, 3.8) is 0 Å². The Kier molecular flexibility index (Phi) is 4.58. The van der Waals surface area contributed by atoms with Crippen LogP contribution in [-0.4, -0.2) is 35.0 Å². The minimum absolute atomic E-state index is 0.124. The standard InChI is InChI=1S/C19H18ClNO3/c1-12-3-2-4-14(9-12)18(22)21-10-16(17(11-21)19(23)24)13-5-7-15(20)8-6-13/h2-9,16-17H,10-11H2,1H3,(H,23,24)/t16-,17+/m0/s1. The molecule has 4 nitrogen and oxygen atoms in total. The second-order valence-electron chi connectivity index (χ2n) is 6.18. The van der Waals surface area contributed by atoms with Gasteiger partial charge < -0.3 is 10.0 Å². The zero-order chi connectivity index (χ0) is 17.3. The summed E-state index contributed by atoms with van der Waals surface area (Å²) in [6.45, 7) is 2.54. The molecule has 0 bridgehead atoms. The van der Waals surface area contributed by atoms with E-state index < -0.39 is 11.9 Å². The van der Waals surface area contributed by atoms with Crippen molar-refractivity contribution in [3.05, 3.63) is 70.2 Å². The maximum atomic E-state index is 12.7. The van der Waals surface area contributed by atoms with Gasteiger partial charge >= 0.3 is 5.97 Å². The fraction of sp³-hybridized carbons (Fsp3) is 0.263. The van der Waals surface area contributed by atoms with Crippen LogP contribution >= 0.6 is 11.6 Å². The number of likely N-dealkylation sites (tertiary alicyclic amines) is 1. The number of benzene rings is 2. The molecule has 1 saturated heterocycles. The van der Waals surface area contributed by atoms with Crippen molar-refractivity contribution in [2.75, 3.05) is 13.1 Å². The zero-order valence-corrected chi connectivity index (χ0v) is 14.0. The molecule has 1 amide bonds. The van der Waals surface area contributed by atoms with E-state index in [1.165, 1.54) is 0 Å². The molecule has 1 fully saturated rings. The number of rotatable bonds is 3. The normalized spacial score (nSPS) is 20.2. The Morgan fingerprint density at radius 2 is 1.83 bits per heavy atom. The van der Waals surface area contributed by atoms with Crippen LogP contribution in [0.15, 0.2) is 48.5 Å². The number of hydrogen-bond donors (Lipinski definition) is 1. The fourth-order valence-electron chi connectivity index (χ4n) is 3.23. The smallest absolute Gasteiger partial charge is 0.308 e. The van der Waals surface area contributed by atoms with E-state index in [0.29, 0.717) is 17.1 Å². The molecule has 5 heteroatoms. The third kappa shape index (κ3) is 3.29. The number of aryl methyl sites for hydroxylation is 1. The van der Waals surface area contributed by atoms with E-state index in [1.54, 1.807) is 23.1 Å². The first-order valence-electron chi connectivity index (χ1n) is 7.80. The summed E-state index contributed by atoms with van der Waals surface area (Å²) in [4.78, 5) is 26.0. The Labute approximate surface area is 145 Å². The first-order valence-corrected chi connectivity index (χ1v) is 8.17. The molecule has 1 aliphatic rings. The van der Waals surface area contributed by atoms with Gasteiger partial charge in [0.2, 0.25) is 0 Å². The number of amides is 1. The summed E-state index contributed by atoms with van der Waals surface area (Å²) in [5, 5.41) is 10.2. The highest BCUT2D eigenvalue weighted by atomic mass is 35.5. The SMILES string of the molecule is Cc1cccc(C(=O)N2C[C@@H](C(=O)O)[C@H](c3ccc(Cl)cc3)C2)c1. The lowest BCUT2D eigenvalue weighted by molar-refractivity contribution is -0.141. The minimum Gasteiger partial charge on any atom is -0.481 e. The molecule has 0 spiro atoms. The first kappa shape index (κ1) is 16.5. The Hall–Kier alpha value is -2.33. The van der Waals surface area contributed by atoms with Gasteiger partial charge in [0.05, 0.1) is 5.92 Å². The van der Waals surface area contributed by atoms with E-state index in [1.807, 2.05) is 37.3 Å². The fourth-order valence-corrected chi connectivity index (χ4v) is 3.35. The molecule has 3 rings (SSSR count). The maximum absolute atomic E-state index is 12.7. The molecular weight excluding hydrogens is 326 g/mol. The van der Waals surface area contributed by atoms with E-state index >= 15 is 0 Å². The van der Waals surface area contributed by atoms with E-state index in [4.69, 9.17) is 11.6 Å². The largest absolute Gasteiger partial charge is 0.481 e. The molecule has 2 aromatic carbocycles. The topological polar surface area (TPSA) is 57.6 Å². The summed E-state index contributed by atoms with van der Waals surface area (Å²) < 4.78 is 0. The van der Waals surface area contributed by atoms with Gasteiger partial charge in [0.25, 0.3) is 5.91 Å². The third-order valence-electron chi connectivity index (χ3n) is 4.49. The van der Waals surface area contributed by atoms with Crippen molar-refractivity contribution in [3.8, 4) is 0 Å². The molecule has 0 unspecified atom stereocenters. The lowest BCUT2D eigenvalue weighted by Crippen LogP contribution is -2.29. The van der Waals surface area contributed by atoms with Crippen molar-refractivity contribution in [1.82, 2.24) is 4.90 Å². The number of nitrogens with zero attached hydrogens (tertiary/aromatic N) is 1. The zero-order valence-electron chi connectivity index (χ0n) is 13.3. The predicted molar refractivity (Wildman–Crippen MR) is 92.4 cm³/mol. The van der Waals surface area contributed by atoms with Gasteiger partial charge in [-0.15, -0.1) is 0 Å². The molecule has 2 atom stereocenters. The molecule has 0 aliphatic carbocycles. The van der Waals surface area contributed by atoms with Crippen molar-refractivity contribution < 1.29 is 14.7 Å². The molecule has 1 heterocycles. The molecule has 2 aromatic rings. The molecule has 124 valence electrons. The van der Waals surface area contributed by atoms with Gasteiger partial charge in [-0.1, -0.05) is 41.4 Å². The van der Waals surface area contributed by atoms with E-state index in [0.717, 1.165) is 11.1 Å². The van der Waals surface area contributed by atoms with Crippen LogP contribution in [0.25, 0.3) is 0 Å². The molecule has 0 aromatic heterocycles. The highest BCUT2D eigenvalue weighted by Crippen LogP contribution is 2.34. The van der Waals surface area contributed by atoms with Crippen LogP contribution in [0.4, 0.5) is 0 Å². The lowest BCUT2D eigenvalue weighted by Gasteiger charge is -2.17. The Bertz CT molecular complexity index is 772. The van der Waals surface area contributed by atoms with Crippen LogP contribution in [0, 0.1) is 12.8 Å². The molecule has 1 aliphatic heterocycles. The van der Waals surface area contributed by atoms with Crippen molar-refractivity contribution in [2.45, 2.75) is 12.8 Å². The summed E-state index contributed by atoms with van der Waals surface area (Å²) in [5.41, 5.74) is 2.49. The van der Waals surface area contributed by atoms with Gasteiger partial charge in [-0.25, -0.2) is 0 Å². The maximum Gasteiger partial charge on any atom is 0.308 e. The minimum atomic E-state index is -0.880. The van der Waals surface area contributed by atoms with Crippen LogP contribution in [0.5, 0.6) is 0 Å². The van der Waals surface area contributed by atoms with Crippen LogP contribution < -0.4 is 0 Å². The number of halogens is 1. The number of carboxylic acid groups (broad SMARTS) is 1. The Morgan fingerprint density at radius 1 is 1.12 bits per heavy atom. The van der Waals surface area contributed by atoms with Crippen molar-refractivity contribution >= 4 is 23.5 Å². The number of aliphatic carboxylic acids is 1. The average Bonchev–Trinajstić information content (AvgIpc) is 3.00. The monoisotopic (exact) mass is 343 g/mol. The quantitative estimate of drug-likeness (QED) is 0.926. The second-order valence-corrected chi connectivity index (χ2v) is 6.62. The van der Waals surface area contributed by atoms with E-state index in [9.17, 15) is 14.7 Å². The molecule has 0 radical (unpaired) electrons. The molecular formula is C19H18ClNO3. The van der Waals surface area contributed by atoms with E-state index in [-0.39, 0.29) is 18.4 Å². The van der Waals surface area contributed by atoms with Gasteiger partial charge in [0, 0.05) is 29.6 Å². The number of carbonyl (C=O) groups is 2. The third-order valence-corrected chi connectivity index (χ3v) is 4.74. The van der Waals surface area contributed by atoms with Gasteiger partial charge in [-0.2, -0.15) is 0 Å².